The van der Waals surface area contributed by atoms with Crippen LogP contribution in [0.15, 0.2) is 6.07 Å². The zero-order chi connectivity index (χ0) is 13.2. The summed E-state index contributed by atoms with van der Waals surface area (Å²) in [5, 5.41) is 13.2. The average molecular weight is 267 g/mol. The molecule has 1 heterocycles. The number of carbonyl (C=O) groups excluding carboxylic acids is 1. The maximum atomic E-state index is 12.0. The number of thiophene rings is 1. The van der Waals surface area contributed by atoms with Gasteiger partial charge in [0.2, 0.25) is 0 Å². The molecule has 1 aromatic rings. The van der Waals surface area contributed by atoms with Crippen molar-refractivity contribution in [2.75, 3.05) is 6.54 Å². The molecule has 1 amide bonds. The van der Waals surface area contributed by atoms with Crippen molar-refractivity contribution in [2.45, 2.75) is 51.6 Å². The smallest absolute Gasteiger partial charge is 0.261 e. The van der Waals surface area contributed by atoms with E-state index in [1.807, 2.05) is 19.9 Å². The summed E-state index contributed by atoms with van der Waals surface area (Å²) in [5.74, 6) is -0.0600. The summed E-state index contributed by atoms with van der Waals surface area (Å²) in [5.41, 5.74) is 0.469. The number of nitrogens with one attached hydrogen (secondary N) is 1. The number of carbonyl (C=O) groups is 1. The van der Waals surface area contributed by atoms with Crippen molar-refractivity contribution in [3.63, 3.8) is 0 Å². The largest absolute Gasteiger partial charge is 0.388 e. The molecule has 0 bridgehead atoms. The first-order valence-electron chi connectivity index (χ1n) is 6.58. The van der Waals surface area contributed by atoms with Crippen LogP contribution in [-0.4, -0.2) is 23.2 Å². The summed E-state index contributed by atoms with van der Waals surface area (Å²) in [7, 11) is 0. The Labute approximate surface area is 112 Å². The van der Waals surface area contributed by atoms with Gasteiger partial charge in [0.25, 0.3) is 5.91 Å². The van der Waals surface area contributed by atoms with Crippen LogP contribution in [0, 0.1) is 13.8 Å². The molecule has 0 radical (unpaired) electrons. The van der Waals surface area contributed by atoms with E-state index in [0.717, 1.165) is 36.1 Å². The Hall–Kier alpha value is -0.870. The Kier molecular flexibility index (Phi) is 4.07. The first-order valence-corrected chi connectivity index (χ1v) is 7.39. The third-order valence-corrected chi connectivity index (χ3v) is 4.90. The Bertz CT molecular complexity index is 414. The lowest BCUT2D eigenvalue weighted by Crippen LogP contribution is -2.44. The molecule has 0 saturated heterocycles. The third-order valence-electron chi connectivity index (χ3n) is 3.75. The Morgan fingerprint density at radius 3 is 2.61 bits per heavy atom. The maximum Gasteiger partial charge on any atom is 0.261 e. The lowest BCUT2D eigenvalue weighted by Gasteiger charge is -2.32. The van der Waals surface area contributed by atoms with Gasteiger partial charge in [0.05, 0.1) is 10.5 Å². The van der Waals surface area contributed by atoms with E-state index < -0.39 is 5.60 Å². The topological polar surface area (TPSA) is 49.3 Å². The maximum absolute atomic E-state index is 12.0. The number of rotatable bonds is 3. The van der Waals surface area contributed by atoms with Crippen LogP contribution in [0.3, 0.4) is 0 Å². The van der Waals surface area contributed by atoms with E-state index in [4.69, 9.17) is 0 Å². The summed E-state index contributed by atoms with van der Waals surface area (Å²) < 4.78 is 0. The second kappa shape index (κ2) is 5.41. The molecule has 2 rings (SSSR count). The van der Waals surface area contributed by atoms with Gasteiger partial charge in [-0.05, 0) is 38.3 Å². The molecule has 3 nitrogen and oxygen atoms in total. The standard InChI is InChI=1S/C14H21NO2S/c1-10-8-12(18-11(10)2)13(16)15-9-14(17)6-4-3-5-7-14/h8,17H,3-7,9H2,1-2H3,(H,15,16). The molecule has 0 aliphatic heterocycles. The van der Waals surface area contributed by atoms with Crippen molar-refractivity contribution in [3.8, 4) is 0 Å². The molecule has 0 aromatic carbocycles. The highest BCUT2D eigenvalue weighted by Gasteiger charge is 2.29. The van der Waals surface area contributed by atoms with Crippen LogP contribution in [0.25, 0.3) is 0 Å². The van der Waals surface area contributed by atoms with Crippen LogP contribution in [-0.2, 0) is 0 Å². The van der Waals surface area contributed by atoms with Crippen molar-refractivity contribution in [3.05, 3.63) is 21.4 Å². The quantitative estimate of drug-likeness (QED) is 0.884. The molecule has 1 saturated carbocycles. The normalized spacial score (nSPS) is 18.6. The molecule has 1 aromatic heterocycles. The van der Waals surface area contributed by atoms with Gasteiger partial charge in [-0.3, -0.25) is 4.79 Å². The van der Waals surface area contributed by atoms with Crippen molar-refractivity contribution in [1.82, 2.24) is 5.32 Å². The minimum Gasteiger partial charge on any atom is -0.388 e. The Balaban J connectivity index is 1.91. The van der Waals surface area contributed by atoms with Crippen LogP contribution < -0.4 is 5.32 Å². The van der Waals surface area contributed by atoms with Crippen LogP contribution >= 0.6 is 11.3 Å². The second-order valence-electron chi connectivity index (χ2n) is 5.32. The molecule has 100 valence electrons. The van der Waals surface area contributed by atoms with E-state index >= 15 is 0 Å². The minimum atomic E-state index is -0.685. The number of aliphatic hydroxyl groups is 1. The molecule has 0 unspecified atom stereocenters. The lowest BCUT2D eigenvalue weighted by atomic mass is 9.85. The molecule has 1 aliphatic carbocycles. The molecular formula is C14H21NO2S. The van der Waals surface area contributed by atoms with E-state index in [9.17, 15) is 9.90 Å². The van der Waals surface area contributed by atoms with E-state index in [-0.39, 0.29) is 5.91 Å². The van der Waals surface area contributed by atoms with Crippen LogP contribution in [0.4, 0.5) is 0 Å². The molecule has 1 fully saturated rings. The van der Waals surface area contributed by atoms with Crippen molar-refractivity contribution >= 4 is 17.2 Å². The van der Waals surface area contributed by atoms with Gasteiger partial charge in [-0.1, -0.05) is 19.3 Å². The molecule has 0 atom stereocenters. The van der Waals surface area contributed by atoms with Gasteiger partial charge in [0.15, 0.2) is 0 Å². The van der Waals surface area contributed by atoms with Crippen LogP contribution in [0.1, 0.15) is 52.2 Å². The fraction of sp³-hybridized carbons (Fsp3) is 0.643. The molecule has 1 aliphatic rings. The zero-order valence-corrected chi connectivity index (χ0v) is 11.9. The van der Waals surface area contributed by atoms with Gasteiger partial charge in [-0.25, -0.2) is 0 Å². The van der Waals surface area contributed by atoms with E-state index in [1.54, 1.807) is 0 Å². The number of aryl methyl sites for hydroxylation is 2. The first-order chi connectivity index (χ1) is 8.50. The molecular weight excluding hydrogens is 246 g/mol. The summed E-state index contributed by atoms with van der Waals surface area (Å²) in [6.07, 6.45) is 4.91. The summed E-state index contributed by atoms with van der Waals surface area (Å²) >= 11 is 1.51. The van der Waals surface area contributed by atoms with Gasteiger partial charge in [0.1, 0.15) is 0 Å². The highest BCUT2D eigenvalue weighted by atomic mass is 32.1. The molecule has 18 heavy (non-hydrogen) atoms. The summed E-state index contributed by atoms with van der Waals surface area (Å²) in [6.45, 7) is 4.41. The van der Waals surface area contributed by atoms with Gasteiger partial charge in [0, 0.05) is 11.4 Å². The average Bonchev–Trinajstić information content (AvgIpc) is 2.68. The minimum absolute atomic E-state index is 0.0600. The van der Waals surface area contributed by atoms with E-state index in [2.05, 4.69) is 5.32 Å². The van der Waals surface area contributed by atoms with E-state index in [0.29, 0.717) is 6.54 Å². The Morgan fingerprint density at radius 2 is 2.06 bits per heavy atom. The van der Waals surface area contributed by atoms with Crippen molar-refractivity contribution in [1.29, 1.82) is 0 Å². The second-order valence-corrected chi connectivity index (χ2v) is 6.57. The van der Waals surface area contributed by atoms with Crippen LogP contribution in [0.5, 0.6) is 0 Å². The summed E-state index contributed by atoms with van der Waals surface area (Å²) in [6, 6.07) is 1.92. The van der Waals surface area contributed by atoms with Gasteiger partial charge in [-0.2, -0.15) is 0 Å². The van der Waals surface area contributed by atoms with E-state index in [1.165, 1.54) is 22.6 Å². The SMILES string of the molecule is Cc1cc(C(=O)NCC2(O)CCCCC2)sc1C. The monoisotopic (exact) mass is 267 g/mol. The molecule has 2 N–H and O–H groups in total. The number of amides is 1. The highest BCUT2D eigenvalue weighted by Crippen LogP contribution is 2.27. The predicted molar refractivity (Wildman–Crippen MR) is 74.2 cm³/mol. The highest BCUT2D eigenvalue weighted by molar-refractivity contribution is 7.14. The van der Waals surface area contributed by atoms with Gasteiger partial charge < -0.3 is 10.4 Å². The number of hydrogen-bond acceptors (Lipinski definition) is 3. The fourth-order valence-electron chi connectivity index (χ4n) is 2.40. The fourth-order valence-corrected chi connectivity index (χ4v) is 3.35. The first kappa shape index (κ1) is 13.6. The zero-order valence-electron chi connectivity index (χ0n) is 11.1. The Morgan fingerprint density at radius 1 is 1.39 bits per heavy atom. The van der Waals surface area contributed by atoms with Gasteiger partial charge >= 0.3 is 0 Å². The van der Waals surface area contributed by atoms with Crippen molar-refractivity contribution in [2.24, 2.45) is 0 Å². The van der Waals surface area contributed by atoms with Crippen LogP contribution in [0.2, 0.25) is 0 Å². The van der Waals surface area contributed by atoms with Crippen molar-refractivity contribution < 1.29 is 9.90 Å². The molecule has 0 spiro atoms. The summed E-state index contributed by atoms with van der Waals surface area (Å²) in [4.78, 5) is 13.9. The number of hydrogen-bond donors (Lipinski definition) is 2. The predicted octanol–water partition coefficient (Wildman–Crippen LogP) is 2.79. The van der Waals surface area contributed by atoms with Gasteiger partial charge in [-0.15, -0.1) is 11.3 Å². The molecule has 4 heteroatoms. The lowest BCUT2D eigenvalue weighted by molar-refractivity contribution is 0.00529. The third kappa shape index (κ3) is 3.12.